The van der Waals surface area contributed by atoms with Crippen molar-refractivity contribution in [3.8, 4) is 11.8 Å². The van der Waals surface area contributed by atoms with E-state index in [4.69, 9.17) is 4.74 Å². The second-order valence-electron chi connectivity index (χ2n) is 4.91. The number of nitriles is 1. The first-order valence-electron chi connectivity index (χ1n) is 6.82. The fourth-order valence-electron chi connectivity index (χ4n) is 2.24. The maximum absolute atomic E-state index is 12.5. The van der Waals surface area contributed by atoms with Gasteiger partial charge in [-0.15, -0.1) is 0 Å². The number of ether oxygens (including phenoxy) is 1. The highest BCUT2D eigenvalue weighted by Crippen LogP contribution is 2.28. The minimum atomic E-state index is -0.909. The second kappa shape index (κ2) is 6.95. The van der Waals surface area contributed by atoms with Crippen molar-refractivity contribution >= 4 is 5.91 Å². The van der Waals surface area contributed by atoms with Gasteiger partial charge in [0.05, 0.1) is 13.2 Å². The number of carbonyl (C=O) groups is 1. The molecular formula is C16H22N2O2. The van der Waals surface area contributed by atoms with E-state index in [-0.39, 0.29) is 5.91 Å². The Morgan fingerprint density at radius 1 is 1.40 bits per heavy atom. The van der Waals surface area contributed by atoms with Crippen molar-refractivity contribution in [3.63, 3.8) is 0 Å². The molecule has 4 nitrogen and oxygen atoms in total. The minimum Gasteiger partial charge on any atom is -0.497 e. The number of nitrogens with zero attached hydrogens (tertiary/aromatic N) is 2. The highest BCUT2D eigenvalue weighted by Gasteiger charge is 2.37. The van der Waals surface area contributed by atoms with Gasteiger partial charge in [0.2, 0.25) is 5.91 Å². The van der Waals surface area contributed by atoms with E-state index < -0.39 is 5.41 Å². The number of methoxy groups -OCH3 is 1. The lowest BCUT2D eigenvalue weighted by atomic mass is 9.82. The van der Waals surface area contributed by atoms with E-state index in [0.29, 0.717) is 19.4 Å². The largest absolute Gasteiger partial charge is 0.497 e. The molecule has 0 aromatic heterocycles. The molecule has 20 heavy (non-hydrogen) atoms. The first-order valence-corrected chi connectivity index (χ1v) is 6.82. The van der Waals surface area contributed by atoms with Gasteiger partial charge in [-0.2, -0.15) is 5.26 Å². The summed E-state index contributed by atoms with van der Waals surface area (Å²) in [5, 5.41) is 9.33. The predicted molar refractivity (Wildman–Crippen MR) is 78.1 cm³/mol. The molecule has 1 aromatic rings. The van der Waals surface area contributed by atoms with Gasteiger partial charge in [-0.25, -0.2) is 0 Å². The standard InChI is InChI=1S/C16H22N2O2/c1-5-16(6-2,12-17)15(19)18(3)11-13-8-7-9-14(10-13)20-4/h7-10H,5-6,11H2,1-4H3. The van der Waals surface area contributed by atoms with Crippen LogP contribution in [-0.4, -0.2) is 25.0 Å². The van der Waals surface area contributed by atoms with Crippen LogP contribution in [-0.2, 0) is 11.3 Å². The van der Waals surface area contributed by atoms with E-state index in [1.54, 1.807) is 19.1 Å². The first kappa shape index (κ1) is 16.0. The lowest BCUT2D eigenvalue weighted by Crippen LogP contribution is -2.40. The third-order valence-corrected chi connectivity index (χ3v) is 3.73. The lowest BCUT2D eigenvalue weighted by Gasteiger charge is -2.28. The van der Waals surface area contributed by atoms with E-state index in [2.05, 4.69) is 6.07 Å². The molecule has 0 unspecified atom stereocenters. The number of benzene rings is 1. The van der Waals surface area contributed by atoms with Crippen LogP contribution in [0.4, 0.5) is 0 Å². The molecule has 0 aliphatic carbocycles. The maximum Gasteiger partial charge on any atom is 0.243 e. The van der Waals surface area contributed by atoms with Gasteiger partial charge < -0.3 is 9.64 Å². The summed E-state index contributed by atoms with van der Waals surface area (Å²) in [7, 11) is 3.35. The number of hydrogen-bond acceptors (Lipinski definition) is 3. The zero-order valence-electron chi connectivity index (χ0n) is 12.6. The monoisotopic (exact) mass is 274 g/mol. The Bertz CT molecular complexity index is 501. The van der Waals surface area contributed by atoms with Crippen LogP contribution in [0.1, 0.15) is 32.3 Å². The van der Waals surface area contributed by atoms with Crippen molar-refractivity contribution in [1.82, 2.24) is 4.90 Å². The van der Waals surface area contributed by atoms with Crippen molar-refractivity contribution in [3.05, 3.63) is 29.8 Å². The van der Waals surface area contributed by atoms with E-state index in [0.717, 1.165) is 11.3 Å². The molecule has 0 saturated heterocycles. The summed E-state index contributed by atoms with van der Waals surface area (Å²) in [6.07, 6.45) is 1.06. The summed E-state index contributed by atoms with van der Waals surface area (Å²) in [5.74, 6) is 0.647. The Morgan fingerprint density at radius 2 is 2.05 bits per heavy atom. The number of amides is 1. The van der Waals surface area contributed by atoms with E-state index in [9.17, 15) is 10.1 Å². The van der Waals surface area contributed by atoms with E-state index >= 15 is 0 Å². The van der Waals surface area contributed by atoms with Crippen LogP contribution in [0.5, 0.6) is 5.75 Å². The Labute approximate surface area is 121 Å². The van der Waals surface area contributed by atoms with Crippen molar-refractivity contribution in [2.24, 2.45) is 5.41 Å². The van der Waals surface area contributed by atoms with Gasteiger partial charge in [-0.1, -0.05) is 26.0 Å². The third-order valence-electron chi connectivity index (χ3n) is 3.73. The normalized spacial score (nSPS) is 10.8. The fourth-order valence-corrected chi connectivity index (χ4v) is 2.24. The molecule has 0 N–H and O–H groups in total. The Hall–Kier alpha value is -2.02. The third kappa shape index (κ3) is 3.30. The van der Waals surface area contributed by atoms with Crippen molar-refractivity contribution in [2.45, 2.75) is 33.2 Å². The summed E-state index contributed by atoms with van der Waals surface area (Å²) in [5.41, 5.74) is 0.0763. The molecule has 1 rings (SSSR count). The lowest BCUT2D eigenvalue weighted by molar-refractivity contribution is -0.138. The summed E-state index contributed by atoms with van der Waals surface area (Å²) < 4.78 is 5.17. The average Bonchev–Trinajstić information content (AvgIpc) is 2.49. The minimum absolute atomic E-state index is 0.118. The Morgan fingerprint density at radius 3 is 2.55 bits per heavy atom. The molecule has 0 heterocycles. The van der Waals surface area contributed by atoms with E-state index in [1.165, 1.54) is 0 Å². The topological polar surface area (TPSA) is 53.3 Å². The molecule has 4 heteroatoms. The molecule has 0 radical (unpaired) electrons. The van der Waals surface area contributed by atoms with Crippen LogP contribution in [0.15, 0.2) is 24.3 Å². The molecule has 0 atom stereocenters. The van der Waals surface area contributed by atoms with Crippen LogP contribution < -0.4 is 4.74 Å². The Balaban J connectivity index is 2.87. The predicted octanol–water partition coefficient (Wildman–Crippen LogP) is 2.98. The van der Waals surface area contributed by atoms with Gasteiger partial charge in [0.25, 0.3) is 0 Å². The second-order valence-corrected chi connectivity index (χ2v) is 4.91. The summed E-state index contributed by atoms with van der Waals surface area (Å²) in [6.45, 7) is 4.23. The number of hydrogen-bond donors (Lipinski definition) is 0. The molecule has 108 valence electrons. The molecule has 0 spiro atoms. The van der Waals surface area contributed by atoms with Gasteiger partial charge in [0, 0.05) is 13.6 Å². The smallest absolute Gasteiger partial charge is 0.243 e. The fraction of sp³-hybridized carbons (Fsp3) is 0.500. The van der Waals surface area contributed by atoms with Gasteiger partial charge >= 0.3 is 0 Å². The van der Waals surface area contributed by atoms with Crippen LogP contribution in [0.25, 0.3) is 0 Å². The molecule has 1 amide bonds. The van der Waals surface area contributed by atoms with Gasteiger partial charge in [0.1, 0.15) is 11.2 Å². The SMILES string of the molecule is CCC(C#N)(CC)C(=O)N(C)Cc1cccc(OC)c1. The quantitative estimate of drug-likeness (QED) is 0.801. The van der Waals surface area contributed by atoms with Crippen LogP contribution in [0.2, 0.25) is 0 Å². The summed E-state index contributed by atoms with van der Waals surface area (Å²) in [6, 6.07) is 9.79. The van der Waals surface area contributed by atoms with Crippen LogP contribution >= 0.6 is 0 Å². The zero-order chi connectivity index (χ0) is 15.2. The Kier molecular flexibility index (Phi) is 5.57. The van der Waals surface area contributed by atoms with Crippen molar-refractivity contribution < 1.29 is 9.53 Å². The van der Waals surface area contributed by atoms with Crippen LogP contribution in [0, 0.1) is 16.7 Å². The van der Waals surface area contributed by atoms with Crippen molar-refractivity contribution in [2.75, 3.05) is 14.2 Å². The molecule has 0 aliphatic heterocycles. The van der Waals surface area contributed by atoms with Gasteiger partial charge in [-0.05, 0) is 30.5 Å². The molecule has 0 bridgehead atoms. The van der Waals surface area contributed by atoms with Crippen molar-refractivity contribution in [1.29, 1.82) is 5.26 Å². The highest BCUT2D eigenvalue weighted by atomic mass is 16.5. The number of rotatable bonds is 6. The molecule has 0 aliphatic rings. The maximum atomic E-state index is 12.5. The molecule has 0 saturated carbocycles. The molecule has 0 fully saturated rings. The average molecular weight is 274 g/mol. The number of carbonyl (C=O) groups excluding carboxylic acids is 1. The van der Waals surface area contributed by atoms with E-state index in [1.807, 2.05) is 38.1 Å². The molecular weight excluding hydrogens is 252 g/mol. The highest BCUT2D eigenvalue weighted by molar-refractivity contribution is 5.85. The van der Waals surface area contributed by atoms with Crippen LogP contribution in [0.3, 0.4) is 0 Å². The first-order chi connectivity index (χ1) is 9.52. The van der Waals surface area contributed by atoms with Gasteiger partial charge in [-0.3, -0.25) is 4.79 Å². The van der Waals surface area contributed by atoms with Gasteiger partial charge in [0.15, 0.2) is 0 Å². The summed E-state index contributed by atoms with van der Waals surface area (Å²) >= 11 is 0. The molecule has 1 aromatic carbocycles. The zero-order valence-corrected chi connectivity index (χ0v) is 12.6. The summed E-state index contributed by atoms with van der Waals surface area (Å²) in [4.78, 5) is 14.1.